The van der Waals surface area contributed by atoms with Gasteiger partial charge in [-0.1, -0.05) is 5.16 Å². The Morgan fingerprint density at radius 1 is 1.10 bits per heavy atom. The molecule has 0 radical (unpaired) electrons. The van der Waals surface area contributed by atoms with Crippen molar-refractivity contribution in [3.8, 4) is 40.4 Å². The van der Waals surface area contributed by atoms with Crippen LogP contribution in [0.1, 0.15) is 54.6 Å². The molecular formula is C29H33N5O5. The Bertz CT molecular complexity index is 1330. The summed E-state index contributed by atoms with van der Waals surface area (Å²) in [7, 11) is 0. The van der Waals surface area contributed by atoms with E-state index in [1.165, 1.54) is 37.8 Å². The lowest BCUT2D eigenvalue weighted by Crippen LogP contribution is -2.49. The molecule has 5 rings (SSSR count). The molecule has 2 fully saturated rings. The molecule has 1 amide bonds. The van der Waals surface area contributed by atoms with Gasteiger partial charge in [-0.3, -0.25) is 4.79 Å². The van der Waals surface area contributed by atoms with Crippen molar-refractivity contribution in [3.63, 3.8) is 0 Å². The highest BCUT2D eigenvalue weighted by Gasteiger charge is 2.30. The molecule has 1 aromatic heterocycles. The van der Waals surface area contributed by atoms with E-state index in [4.69, 9.17) is 20.3 Å². The molecule has 0 atom stereocenters. The maximum atomic E-state index is 13.0. The maximum Gasteiger partial charge on any atom is 0.273 e. The van der Waals surface area contributed by atoms with E-state index in [0.717, 1.165) is 38.5 Å². The van der Waals surface area contributed by atoms with Crippen LogP contribution in [-0.2, 0) is 0 Å². The molecule has 1 saturated heterocycles. The normalized spacial score (nSPS) is 20.3. The molecule has 0 unspecified atom stereocenters. The third-order valence-electron chi connectivity index (χ3n) is 7.80. The number of rotatable bonds is 7. The largest absolute Gasteiger partial charge is 0.508 e. The van der Waals surface area contributed by atoms with E-state index in [-0.39, 0.29) is 46.2 Å². The molecular weight excluding hydrogens is 498 g/mol. The third-order valence-corrected chi connectivity index (χ3v) is 7.80. The van der Waals surface area contributed by atoms with E-state index in [1.54, 1.807) is 24.3 Å². The number of ether oxygens (including phenoxy) is 1. The standard InChI is InChI=1S/C29H33N5O5/c30-16-18-1-5-21(6-2-18)34-11-9-20(10-12-34)32-29(37)24-15-27(39-33-24)28-25(36)13-22(35)14-26(28)38-23-7-3-19(17-31)4-8-23/h3-4,7-8,13-15,18,20-21,35-36H,1-2,5-6,9-12,16,30H2,(H,32,37). The summed E-state index contributed by atoms with van der Waals surface area (Å²) in [5.74, 6) is 0.409. The minimum absolute atomic E-state index is 0.0478. The number of phenolic OH excluding ortho intramolecular Hbond substituents is 2. The molecule has 1 aliphatic carbocycles. The summed E-state index contributed by atoms with van der Waals surface area (Å²) in [6.07, 6.45) is 6.53. The van der Waals surface area contributed by atoms with E-state index in [2.05, 4.69) is 15.4 Å². The molecule has 2 heterocycles. The van der Waals surface area contributed by atoms with Crippen molar-refractivity contribution in [1.29, 1.82) is 5.26 Å². The predicted molar refractivity (Wildman–Crippen MR) is 143 cm³/mol. The number of nitrogens with zero attached hydrogens (tertiary/aromatic N) is 3. The van der Waals surface area contributed by atoms with E-state index in [9.17, 15) is 15.0 Å². The number of hydrogen-bond acceptors (Lipinski definition) is 9. The quantitative estimate of drug-likeness (QED) is 0.352. The number of aromatic hydroxyl groups is 2. The number of amides is 1. The molecule has 204 valence electrons. The molecule has 1 saturated carbocycles. The minimum atomic E-state index is -0.347. The number of benzene rings is 2. The molecule has 1 aliphatic heterocycles. The fourth-order valence-corrected chi connectivity index (χ4v) is 5.55. The minimum Gasteiger partial charge on any atom is -0.508 e. The Balaban J connectivity index is 1.23. The number of likely N-dealkylation sites (tertiary alicyclic amines) is 1. The fraction of sp³-hybridized carbons (Fsp3) is 0.414. The molecule has 2 aliphatic rings. The van der Waals surface area contributed by atoms with E-state index < -0.39 is 0 Å². The predicted octanol–water partition coefficient (Wildman–Crippen LogP) is 4.13. The van der Waals surface area contributed by atoms with Gasteiger partial charge in [0.15, 0.2) is 11.5 Å². The van der Waals surface area contributed by atoms with Crippen LogP contribution < -0.4 is 15.8 Å². The Hall–Kier alpha value is -4.07. The highest BCUT2D eigenvalue weighted by molar-refractivity contribution is 5.93. The number of carbonyl (C=O) groups excluding carboxylic acids is 1. The zero-order valence-electron chi connectivity index (χ0n) is 21.7. The van der Waals surface area contributed by atoms with Crippen LogP contribution in [0.2, 0.25) is 0 Å². The summed E-state index contributed by atoms with van der Waals surface area (Å²) < 4.78 is 11.3. The second-order valence-electron chi connectivity index (χ2n) is 10.3. The van der Waals surface area contributed by atoms with Gasteiger partial charge < -0.3 is 35.4 Å². The van der Waals surface area contributed by atoms with Gasteiger partial charge in [0.1, 0.15) is 28.6 Å². The number of piperidine rings is 1. The zero-order chi connectivity index (χ0) is 27.4. The average molecular weight is 532 g/mol. The monoisotopic (exact) mass is 531 g/mol. The Morgan fingerprint density at radius 3 is 2.49 bits per heavy atom. The van der Waals surface area contributed by atoms with E-state index in [1.807, 2.05) is 6.07 Å². The number of nitrogens with two attached hydrogens (primary N) is 1. The van der Waals surface area contributed by atoms with Gasteiger partial charge in [-0.05, 0) is 75.3 Å². The van der Waals surface area contributed by atoms with E-state index >= 15 is 0 Å². The van der Waals surface area contributed by atoms with Crippen molar-refractivity contribution in [2.45, 2.75) is 50.6 Å². The topological polar surface area (TPSA) is 158 Å². The SMILES string of the molecule is N#Cc1ccc(Oc2cc(O)cc(O)c2-c2cc(C(=O)NC3CCN(C4CCC(CN)CC4)CC3)no2)cc1. The number of nitriles is 1. The lowest BCUT2D eigenvalue weighted by molar-refractivity contribution is 0.0834. The molecule has 10 nitrogen and oxygen atoms in total. The van der Waals surface area contributed by atoms with Crippen LogP contribution in [0.4, 0.5) is 0 Å². The van der Waals surface area contributed by atoms with Crippen molar-refractivity contribution in [1.82, 2.24) is 15.4 Å². The number of phenols is 2. The molecule has 2 aromatic carbocycles. The first-order chi connectivity index (χ1) is 18.9. The molecule has 39 heavy (non-hydrogen) atoms. The Kier molecular flexibility index (Phi) is 8.00. The first-order valence-electron chi connectivity index (χ1n) is 13.4. The van der Waals surface area contributed by atoms with Gasteiger partial charge in [0.05, 0.1) is 11.6 Å². The summed E-state index contributed by atoms with van der Waals surface area (Å²) in [6.45, 7) is 2.68. The van der Waals surface area contributed by atoms with Gasteiger partial charge in [-0.2, -0.15) is 5.26 Å². The van der Waals surface area contributed by atoms with Gasteiger partial charge in [0.25, 0.3) is 5.91 Å². The van der Waals surface area contributed by atoms with Crippen LogP contribution in [0, 0.1) is 17.2 Å². The number of nitrogens with one attached hydrogen (secondary N) is 1. The maximum absolute atomic E-state index is 13.0. The number of hydrogen-bond donors (Lipinski definition) is 4. The van der Waals surface area contributed by atoms with Crippen LogP contribution in [0.5, 0.6) is 23.0 Å². The van der Waals surface area contributed by atoms with Gasteiger partial charge in [0, 0.05) is 43.4 Å². The van der Waals surface area contributed by atoms with Crippen molar-refractivity contribution in [2.75, 3.05) is 19.6 Å². The van der Waals surface area contributed by atoms with Gasteiger partial charge in [-0.15, -0.1) is 0 Å². The van der Waals surface area contributed by atoms with Gasteiger partial charge in [0.2, 0.25) is 0 Å². The van der Waals surface area contributed by atoms with Gasteiger partial charge >= 0.3 is 0 Å². The first kappa shape index (κ1) is 26.5. The highest BCUT2D eigenvalue weighted by Crippen LogP contribution is 2.43. The van der Waals surface area contributed by atoms with Gasteiger partial charge in [-0.25, -0.2) is 0 Å². The Morgan fingerprint density at radius 2 is 1.82 bits per heavy atom. The second kappa shape index (κ2) is 11.8. The van der Waals surface area contributed by atoms with Crippen molar-refractivity contribution in [2.24, 2.45) is 11.7 Å². The molecule has 0 spiro atoms. The number of carbonyl (C=O) groups is 1. The molecule has 3 aromatic rings. The van der Waals surface area contributed by atoms with Crippen LogP contribution in [0.3, 0.4) is 0 Å². The lowest BCUT2D eigenvalue weighted by atomic mass is 9.84. The molecule has 10 heteroatoms. The average Bonchev–Trinajstić information content (AvgIpc) is 3.43. The van der Waals surface area contributed by atoms with Crippen LogP contribution in [0.15, 0.2) is 47.0 Å². The summed E-state index contributed by atoms with van der Waals surface area (Å²) in [5.41, 5.74) is 6.52. The number of aromatic nitrogens is 1. The first-order valence-corrected chi connectivity index (χ1v) is 13.4. The van der Waals surface area contributed by atoms with Crippen molar-refractivity contribution < 1.29 is 24.3 Å². The van der Waals surface area contributed by atoms with Crippen molar-refractivity contribution >= 4 is 5.91 Å². The molecule has 5 N–H and O–H groups in total. The van der Waals surface area contributed by atoms with Crippen molar-refractivity contribution in [3.05, 3.63) is 53.7 Å². The summed E-state index contributed by atoms with van der Waals surface area (Å²) in [4.78, 5) is 15.5. The smallest absolute Gasteiger partial charge is 0.273 e. The van der Waals surface area contributed by atoms with Crippen LogP contribution in [-0.4, -0.2) is 57.9 Å². The Labute approximate surface area is 227 Å². The lowest BCUT2D eigenvalue weighted by Gasteiger charge is -2.40. The molecule has 0 bridgehead atoms. The fourth-order valence-electron chi connectivity index (χ4n) is 5.55. The summed E-state index contributed by atoms with van der Waals surface area (Å²) in [5, 5.41) is 36.6. The second-order valence-corrected chi connectivity index (χ2v) is 10.3. The summed E-state index contributed by atoms with van der Waals surface area (Å²) >= 11 is 0. The highest BCUT2D eigenvalue weighted by atomic mass is 16.5. The third kappa shape index (κ3) is 6.16. The van der Waals surface area contributed by atoms with E-state index in [0.29, 0.717) is 23.3 Å². The summed E-state index contributed by atoms with van der Waals surface area (Å²) in [6, 6.07) is 13.0. The van der Waals surface area contributed by atoms with Crippen LogP contribution >= 0.6 is 0 Å². The van der Waals surface area contributed by atoms with Crippen LogP contribution in [0.25, 0.3) is 11.3 Å². The zero-order valence-corrected chi connectivity index (χ0v) is 21.7.